The Morgan fingerprint density at radius 2 is 1.35 bits per heavy atom. The Morgan fingerprint density at radius 1 is 1.00 bits per heavy atom. The highest BCUT2D eigenvalue weighted by molar-refractivity contribution is 5.81. The van der Waals surface area contributed by atoms with Crippen LogP contribution in [0.5, 0.6) is 0 Å². The van der Waals surface area contributed by atoms with Gasteiger partial charge < -0.3 is 5.73 Å². The van der Waals surface area contributed by atoms with E-state index in [-0.39, 0.29) is 0 Å². The maximum absolute atomic E-state index is 13.1. The molecular formula is C10H8F5NO. The van der Waals surface area contributed by atoms with Crippen LogP contribution in [0.3, 0.4) is 0 Å². The van der Waals surface area contributed by atoms with Crippen LogP contribution < -0.4 is 5.73 Å². The molecule has 7 heteroatoms. The van der Waals surface area contributed by atoms with Gasteiger partial charge in [-0.1, -0.05) is 0 Å². The highest BCUT2D eigenvalue weighted by Gasteiger charge is 2.27. The van der Waals surface area contributed by atoms with Crippen LogP contribution in [0.25, 0.3) is 0 Å². The molecular weight excluding hydrogens is 245 g/mol. The zero-order chi connectivity index (χ0) is 13.3. The Morgan fingerprint density at radius 3 is 1.71 bits per heavy atom. The van der Waals surface area contributed by atoms with Gasteiger partial charge in [-0.2, -0.15) is 0 Å². The van der Waals surface area contributed by atoms with Crippen molar-refractivity contribution in [1.82, 2.24) is 0 Å². The van der Waals surface area contributed by atoms with Crippen LogP contribution in [0.2, 0.25) is 0 Å². The molecule has 0 fully saturated rings. The average molecular weight is 253 g/mol. The third-order valence-electron chi connectivity index (χ3n) is 2.25. The molecule has 1 unspecified atom stereocenters. The largest absolute Gasteiger partial charge is 0.321 e. The molecule has 1 atom stereocenters. The van der Waals surface area contributed by atoms with Gasteiger partial charge in [0.2, 0.25) is 5.82 Å². The first-order valence-electron chi connectivity index (χ1n) is 4.53. The van der Waals surface area contributed by atoms with Crippen LogP contribution in [0.15, 0.2) is 0 Å². The quantitative estimate of drug-likeness (QED) is 0.507. The van der Waals surface area contributed by atoms with Gasteiger partial charge in [0.1, 0.15) is 5.78 Å². The number of ketones is 1. The molecule has 94 valence electrons. The molecule has 1 rings (SSSR count). The molecule has 2 nitrogen and oxygen atoms in total. The van der Waals surface area contributed by atoms with Crippen molar-refractivity contribution in [3.8, 4) is 0 Å². The van der Waals surface area contributed by atoms with Gasteiger partial charge in [-0.05, 0) is 6.92 Å². The lowest BCUT2D eigenvalue weighted by atomic mass is 10.0. The number of Topliss-reactive ketones (excluding diaryl/α,β-unsaturated/α-hetero) is 1. The van der Waals surface area contributed by atoms with E-state index in [1.807, 2.05) is 0 Å². The molecule has 0 radical (unpaired) electrons. The lowest BCUT2D eigenvalue weighted by Gasteiger charge is -2.11. The van der Waals surface area contributed by atoms with Gasteiger partial charge >= 0.3 is 0 Å². The summed E-state index contributed by atoms with van der Waals surface area (Å²) in [5, 5.41) is 0. The SMILES string of the molecule is CC(=O)C(N)Cc1c(F)c(F)c(F)c(F)c1F. The molecule has 0 saturated carbocycles. The number of benzene rings is 1. The molecule has 0 bridgehead atoms. The summed E-state index contributed by atoms with van der Waals surface area (Å²) in [6.45, 7) is 1.05. The first-order valence-corrected chi connectivity index (χ1v) is 4.53. The van der Waals surface area contributed by atoms with Gasteiger partial charge in [-0.15, -0.1) is 0 Å². The predicted molar refractivity (Wildman–Crippen MR) is 48.6 cm³/mol. The van der Waals surface area contributed by atoms with Crippen molar-refractivity contribution < 1.29 is 26.7 Å². The van der Waals surface area contributed by atoms with Crippen molar-refractivity contribution >= 4 is 5.78 Å². The van der Waals surface area contributed by atoms with E-state index in [2.05, 4.69) is 0 Å². The third-order valence-corrected chi connectivity index (χ3v) is 2.25. The van der Waals surface area contributed by atoms with Gasteiger partial charge in [-0.25, -0.2) is 22.0 Å². The average Bonchev–Trinajstić information content (AvgIpc) is 2.29. The van der Waals surface area contributed by atoms with E-state index < -0.39 is 52.9 Å². The second kappa shape index (κ2) is 4.79. The van der Waals surface area contributed by atoms with Crippen LogP contribution in [0.1, 0.15) is 12.5 Å². The molecule has 0 heterocycles. The third kappa shape index (κ3) is 2.44. The highest BCUT2D eigenvalue weighted by atomic mass is 19.2. The minimum atomic E-state index is -2.24. The number of carbonyl (C=O) groups is 1. The Bertz CT molecular complexity index is 445. The van der Waals surface area contributed by atoms with Crippen molar-refractivity contribution in [2.75, 3.05) is 0 Å². The number of carbonyl (C=O) groups excluding carboxylic acids is 1. The summed E-state index contributed by atoms with van der Waals surface area (Å²) >= 11 is 0. The smallest absolute Gasteiger partial charge is 0.200 e. The van der Waals surface area contributed by atoms with Gasteiger partial charge in [-0.3, -0.25) is 4.79 Å². The summed E-state index contributed by atoms with van der Waals surface area (Å²) in [6, 6.07) is -1.32. The first-order chi connectivity index (χ1) is 7.77. The van der Waals surface area contributed by atoms with Crippen molar-refractivity contribution in [1.29, 1.82) is 0 Å². The van der Waals surface area contributed by atoms with Crippen LogP contribution in [-0.2, 0) is 11.2 Å². The summed E-state index contributed by atoms with van der Waals surface area (Å²) < 4.78 is 64.5. The number of hydrogen-bond donors (Lipinski definition) is 1. The van der Waals surface area contributed by atoms with E-state index in [4.69, 9.17) is 5.73 Å². The lowest BCUT2D eigenvalue weighted by molar-refractivity contribution is -0.118. The highest BCUT2D eigenvalue weighted by Crippen LogP contribution is 2.23. The molecule has 0 aliphatic rings. The maximum Gasteiger partial charge on any atom is 0.200 e. The summed E-state index contributed by atoms with van der Waals surface area (Å²) in [5.74, 6) is -10.9. The summed E-state index contributed by atoms with van der Waals surface area (Å²) in [5.41, 5.74) is 4.12. The molecule has 0 aliphatic heterocycles. The van der Waals surface area contributed by atoms with E-state index in [1.165, 1.54) is 0 Å². The molecule has 1 aromatic rings. The molecule has 2 N–H and O–H groups in total. The fraction of sp³-hybridized carbons (Fsp3) is 0.300. The van der Waals surface area contributed by atoms with Crippen LogP contribution in [0, 0.1) is 29.1 Å². The van der Waals surface area contributed by atoms with E-state index in [0.717, 1.165) is 6.92 Å². The molecule has 0 aliphatic carbocycles. The minimum absolute atomic E-state index is 0.617. The van der Waals surface area contributed by atoms with Crippen LogP contribution in [-0.4, -0.2) is 11.8 Å². The topological polar surface area (TPSA) is 43.1 Å². The zero-order valence-corrected chi connectivity index (χ0v) is 8.66. The summed E-state index contributed by atoms with van der Waals surface area (Å²) in [6.07, 6.45) is -0.749. The van der Waals surface area contributed by atoms with Crippen molar-refractivity contribution in [2.45, 2.75) is 19.4 Å². The second-order valence-electron chi connectivity index (χ2n) is 3.47. The molecule has 0 spiro atoms. The summed E-state index contributed by atoms with van der Waals surface area (Å²) in [4.78, 5) is 10.8. The standard InChI is InChI=1S/C10H8F5NO/c1-3(17)5(16)2-4-6(11)8(13)10(15)9(14)7(4)12/h5H,2,16H2,1H3. The molecule has 0 saturated heterocycles. The first kappa shape index (κ1) is 13.6. The predicted octanol–water partition coefficient (Wildman–Crippen LogP) is 1.84. The van der Waals surface area contributed by atoms with E-state index >= 15 is 0 Å². The Balaban J connectivity index is 3.30. The molecule has 0 amide bonds. The lowest BCUT2D eigenvalue weighted by Crippen LogP contribution is -2.31. The van der Waals surface area contributed by atoms with Crippen molar-refractivity contribution in [3.63, 3.8) is 0 Å². The van der Waals surface area contributed by atoms with E-state index in [1.54, 1.807) is 0 Å². The monoisotopic (exact) mass is 253 g/mol. The van der Waals surface area contributed by atoms with Crippen LogP contribution in [0.4, 0.5) is 22.0 Å². The summed E-state index contributed by atoms with van der Waals surface area (Å²) in [7, 11) is 0. The van der Waals surface area contributed by atoms with Gasteiger partial charge in [0, 0.05) is 12.0 Å². The Hall–Kier alpha value is -1.50. The van der Waals surface area contributed by atoms with Gasteiger partial charge in [0.25, 0.3) is 0 Å². The van der Waals surface area contributed by atoms with Crippen molar-refractivity contribution in [3.05, 3.63) is 34.6 Å². The number of halogens is 5. The maximum atomic E-state index is 13.1. The van der Waals surface area contributed by atoms with Crippen LogP contribution >= 0.6 is 0 Å². The number of hydrogen-bond acceptors (Lipinski definition) is 2. The number of nitrogens with two attached hydrogens (primary N) is 1. The van der Waals surface area contributed by atoms with Gasteiger partial charge in [0.15, 0.2) is 23.3 Å². The Labute approximate surface area is 93.2 Å². The fourth-order valence-electron chi connectivity index (χ4n) is 1.19. The molecule has 0 aromatic heterocycles. The van der Waals surface area contributed by atoms with Crippen molar-refractivity contribution in [2.24, 2.45) is 5.73 Å². The van der Waals surface area contributed by atoms with E-state index in [0.29, 0.717) is 0 Å². The fourth-order valence-corrected chi connectivity index (χ4v) is 1.19. The normalized spacial score (nSPS) is 12.6. The minimum Gasteiger partial charge on any atom is -0.321 e. The molecule has 1 aromatic carbocycles. The van der Waals surface area contributed by atoms with E-state index in [9.17, 15) is 26.7 Å². The molecule has 17 heavy (non-hydrogen) atoms. The zero-order valence-electron chi connectivity index (χ0n) is 8.66. The Kier molecular flexibility index (Phi) is 3.82. The number of rotatable bonds is 3. The van der Waals surface area contributed by atoms with Gasteiger partial charge in [0.05, 0.1) is 6.04 Å². The second-order valence-corrected chi connectivity index (χ2v) is 3.47.